The second-order valence-electron chi connectivity index (χ2n) is 4.49. The molecule has 1 aromatic rings. The molecule has 0 spiro atoms. The number of hydrogen-bond acceptors (Lipinski definition) is 1. The Morgan fingerprint density at radius 2 is 1.64 bits per heavy atom. The summed E-state index contributed by atoms with van der Waals surface area (Å²) < 4.78 is 0. The van der Waals surface area contributed by atoms with E-state index in [2.05, 4.69) is 45.0 Å². The van der Waals surface area contributed by atoms with E-state index in [0.717, 1.165) is 12.3 Å². The summed E-state index contributed by atoms with van der Waals surface area (Å²) in [5.74, 6) is 0.742. The lowest BCUT2D eigenvalue weighted by atomic mass is 9.98. The zero-order chi connectivity index (χ0) is 10.6. The molecule has 78 valence electrons. The Kier molecular flexibility index (Phi) is 4.15. The molecule has 1 heteroatoms. The van der Waals surface area contributed by atoms with Gasteiger partial charge in [-0.15, -0.1) is 0 Å². The van der Waals surface area contributed by atoms with Gasteiger partial charge >= 0.3 is 0 Å². The first kappa shape index (κ1) is 11.3. The molecule has 0 unspecified atom stereocenters. The molecule has 1 rings (SSSR count). The molecule has 0 aliphatic rings. The lowest BCUT2D eigenvalue weighted by Gasteiger charge is -2.13. The van der Waals surface area contributed by atoms with Crippen molar-refractivity contribution >= 4 is 0 Å². The van der Waals surface area contributed by atoms with E-state index < -0.39 is 0 Å². The van der Waals surface area contributed by atoms with Crippen molar-refractivity contribution in [3.63, 3.8) is 0 Å². The van der Waals surface area contributed by atoms with Crippen molar-refractivity contribution in [3.8, 4) is 0 Å². The molecule has 0 radical (unpaired) electrons. The number of nitrogens with two attached hydrogens (primary N) is 1. The van der Waals surface area contributed by atoms with Crippen LogP contribution < -0.4 is 5.73 Å². The van der Waals surface area contributed by atoms with Crippen molar-refractivity contribution in [1.82, 2.24) is 0 Å². The smallest absolute Gasteiger partial charge is 0.0294 e. The van der Waals surface area contributed by atoms with Gasteiger partial charge in [-0.05, 0) is 31.2 Å². The standard InChI is InChI=1S/C13H21N/c1-10(2)4-9-13(14)12-7-5-11(3)6-8-12/h5-8,10,13H,4,9,14H2,1-3H3/t13-/m1/s1. The topological polar surface area (TPSA) is 26.0 Å². The second-order valence-corrected chi connectivity index (χ2v) is 4.49. The molecule has 0 aromatic heterocycles. The molecule has 2 N–H and O–H groups in total. The summed E-state index contributed by atoms with van der Waals surface area (Å²) in [5.41, 5.74) is 8.65. The van der Waals surface area contributed by atoms with Crippen molar-refractivity contribution in [1.29, 1.82) is 0 Å². The van der Waals surface area contributed by atoms with Crippen LogP contribution in [0.3, 0.4) is 0 Å². The normalized spacial score (nSPS) is 13.2. The van der Waals surface area contributed by atoms with Crippen molar-refractivity contribution in [2.75, 3.05) is 0 Å². The number of aryl methyl sites for hydroxylation is 1. The predicted octanol–water partition coefficient (Wildman–Crippen LogP) is 3.43. The van der Waals surface area contributed by atoms with E-state index in [1.165, 1.54) is 17.5 Å². The van der Waals surface area contributed by atoms with E-state index in [4.69, 9.17) is 5.73 Å². The summed E-state index contributed by atoms with van der Waals surface area (Å²) in [5, 5.41) is 0. The Hall–Kier alpha value is -0.820. The van der Waals surface area contributed by atoms with Crippen molar-refractivity contribution < 1.29 is 0 Å². The van der Waals surface area contributed by atoms with Gasteiger partial charge in [0.2, 0.25) is 0 Å². The molecule has 0 amide bonds. The van der Waals surface area contributed by atoms with Crippen LogP contribution >= 0.6 is 0 Å². The highest BCUT2D eigenvalue weighted by Gasteiger charge is 2.06. The van der Waals surface area contributed by atoms with E-state index in [1.54, 1.807) is 0 Å². The van der Waals surface area contributed by atoms with Crippen LogP contribution in [-0.2, 0) is 0 Å². The average Bonchev–Trinajstić information content (AvgIpc) is 2.15. The van der Waals surface area contributed by atoms with E-state index in [9.17, 15) is 0 Å². The Balaban J connectivity index is 2.52. The molecular formula is C13H21N. The molecule has 0 bridgehead atoms. The van der Waals surface area contributed by atoms with Gasteiger partial charge in [-0.2, -0.15) is 0 Å². The van der Waals surface area contributed by atoms with E-state index in [-0.39, 0.29) is 6.04 Å². The molecule has 1 aromatic carbocycles. The zero-order valence-electron chi connectivity index (χ0n) is 9.46. The van der Waals surface area contributed by atoms with Gasteiger partial charge in [-0.25, -0.2) is 0 Å². The highest BCUT2D eigenvalue weighted by molar-refractivity contribution is 5.23. The second kappa shape index (κ2) is 5.16. The largest absolute Gasteiger partial charge is 0.324 e. The maximum absolute atomic E-state index is 6.09. The lowest BCUT2D eigenvalue weighted by Crippen LogP contribution is -2.11. The highest BCUT2D eigenvalue weighted by atomic mass is 14.6. The molecule has 0 aliphatic carbocycles. The maximum atomic E-state index is 6.09. The number of rotatable bonds is 4. The SMILES string of the molecule is Cc1ccc([C@H](N)CCC(C)C)cc1. The summed E-state index contributed by atoms with van der Waals surface area (Å²) in [6.45, 7) is 6.58. The van der Waals surface area contributed by atoms with Gasteiger partial charge in [-0.3, -0.25) is 0 Å². The Morgan fingerprint density at radius 1 is 1.07 bits per heavy atom. The third kappa shape index (κ3) is 3.51. The molecular weight excluding hydrogens is 170 g/mol. The molecule has 1 nitrogen and oxygen atoms in total. The molecule has 0 aliphatic heterocycles. The Labute approximate surface area is 87.3 Å². The minimum atomic E-state index is 0.206. The van der Waals surface area contributed by atoms with E-state index in [0.29, 0.717) is 0 Å². The zero-order valence-corrected chi connectivity index (χ0v) is 9.46. The van der Waals surface area contributed by atoms with Gasteiger partial charge in [0.25, 0.3) is 0 Å². The van der Waals surface area contributed by atoms with Gasteiger partial charge in [0.1, 0.15) is 0 Å². The van der Waals surface area contributed by atoms with Crippen LogP contribution in [0, 0.1) is 12.8 Å². The average molecular weight is 191 g/mol. The summed E-state index contributed by atoms with van der Waals surface area (Å²) in [7, 11) is 0. The lowest BCUT2D eigenvalue weighted by molar-refractivity contribution is 0.507. The summed E-state index contributed by atoms with van der Waals surface area (Å²) in [6.07, 6.45) is 2.29. The van der Waals surface area contributed by atoms with E-state index in [1.807, 2.05) is 0 Å². The fourth-order valence-electron chi connectivity index (χ4n) is 1.49. The van der Waals surface area contributed by atoms with Gasteiger partial charge in [0.15, 0.2) is 0 Å². The van der Waals surface area contributed by atoms with Crippen molar-refractivity contribution in [2.24, 2.45) is 11.7 Å². The first-order valence-electron chi connectivity index (χ1n) is 5.41. The molecule has 0 saturated carbocycles. The maximum Gasteiger partial charge on any atom is 0.0294 e. The molecule has 0 heterocycles. The Morgan fingerprint density at radius 3 is 2.14 bits per heavy atom. The van der Waals surface area contributed by atoms with Gasteiger partial charge < -0.3 is 5.73 Å². The van der Waals surface area contributed by atoms with Crippen LogP contribution in [-0.4, -0.2) is 0 Å². The Bertz CT molecular complexity index is 261. The van der Waals surface area contributed by atoms with Crippen LogP contribution in [0.5, 0.6) is 0 Å². The van der Waals surface area contributed by atoms with Crippen LogP contribution in [0.4, 0.5) is 0 Å². The fraction of sp³-hybridized carbons (Fsp3) is 0.538. The van der Waals surface area contributed by atoms with Crippen LogP contribution in [0.25, 0.3) is 0 Å². The first-order valence-corrected chi connectivity index (χ1v) is 5.41. The minimum absolute atomic E-state index is 0.206. The van der Waals surface area contributed by atoms with Crippen molar-refractivity contribution in [3.05, 3.63) is 35.4 Å². The highest BCUT2D eigenvalue weighted by Crippen LogP contribution is 2.18. The molecule has 1 atom stereocenters. The minimum Gasteiger partial charge on any atom is -0.324 e. The molecule has 14 heavy (non-hydrogen) atoms. The van der Waals surface area contributed by atoms with Crippen LogP contribution in [0.2, 0.25) is 0 Å². The van der Waals surface area contributed by atoms with Crippen molar-refractivity contribution in [2.45, 2.75) is 39.7 Å². The number of benzene rings is 1. The molecule has 0 saturated heterocycles. The third-order valence-electron chi connectivity index (χ3n) is 2.56. The summed E-state index contributed by atoms with van der Waals surface area (Å²) in [4.78, 5) is 0. The predicted molar refractivity (Wildman–Crippen MR) is 62.2 cm³/mol. The summed E-state index contributed by atoms with van der Waals surface area (Å²) >= 11 is 0. The van der Waals surface area contributed by atoms with E-state index >= 15 is 0 Å². The van der Waals surface area contributed by atoms with Gasteiger partial charge in [0, 0.05) is 6.04 Å². The monoisotopic (exact) mass is 191 g/mol. The van der Waals surface area contributed by atoms with Crippen LogP contribution in [0.1, 0.15) is 43.9 Å². The van der Waals surface area contributed by atoms with Gasteiger partial charge in [0.05, 0.1) is 0 Å². The number of hydrogen-bond donors (Lipinski definition) is 1. The fourth-order valence-corrected chi connectivity index (χ4v) is 1.49. The quantitative estimate of drug-likeness (QED) is 0.775. The first-order chi connectivity index (χ1) is 6.59. The van der Waals surface area contributed by atoms with Gasteiger partial charge in [-0.1, -0.05) is 43.7 Å². The van der Waals surface area contributed by atoms with Crippen LogP contribution in [0.15, 0.2) is 24.3 Å². The summed E-state index contributed by atoms with van der Waals surface area (Å²) in [6, 6.07) is 8.74. The third-order valence-corrected chi connectivity index (χ3v) is 2.56. The molecule has 0 fully saturated rings.